The number of aliphatic carboxylic acids is 1. The van der Waals surface area contributed by atoms with Crippen molar-refractivity contribution in [1.29, 1.82) is 0 Å². The Labute approximate surface area is 155 Å². The maximum atomic E-state index is 11.3. The van der Waals surface area contributed by atoms with Crippen molar-refractivity contribution in [3.05, 3.63) is 18.0 Å². The van der Waals surface area contributed by atoms with Gasteiger partial charge < -0.3 is 29.5 Å². The lowest BCUT2D eigenvalue weighted by Gasteiger charge is -2.12. The molecule has 144 valence electrons. The highest BCUT2D eigenvalue weighted by Crippen LogP contribution is 2.36. The second-order valence-corrected chi connectivity index (χ2v) is 6.55. The Balaban J connectivity index is 1.89. The van der Waals surface area contributed by atoms with E-state index in [-0.39, 0.29) is 42.8 Å². The minimum atomic E-state index is -1.23. The highest BCUT2D eigenvalue weighted by molar-refractivity contribution is 8.14. The summed E-state index contributed by atoms with van der Waals surface area (Å²) >= 11 is 1.23. The fourth-order valence-corrected chi connectivity index (χ4v) is 3.19. The molecule has 1 aliphatic rings. The van der Waals surface area contributed by atoms with E-state index >= 15 is 0 Å². The summed E-state index contributed by atoms with van der Waals surface area (Å²) in [5.74, 6) is -0.704. The predicted octanol–water partition coefficient (Wildman–Crippen LogP) is 0.528. The Morgan fingerprint density at radius 2 is 1.96 bits per heavy atom. The standard InChI is InChI=1S/C16H22N2O7S/c1-16(15(21)22)10-26-14(18-16)12-13(20)11(2-3-17-12)25-9-8-24-7-6-23-5-4-19/h2-3,19-20H,4-10H2,1H3,(H,21,22). The fraction of sp³-hybridized carbons (Fsp3) is 0.562. The van der Waals surface area contributed by atoms with Crippen molar-refractivity contribution in [1.82, 2.24) is 4.98 Å². The normalized spacial score (nSPS) is 19.4. The molecule has 26 heavy (non-hydrogen) atoms. The van der Waals surface area contributed by atoms with Crippen molar-refractivity contribution in [3.63, 3.8) is 0 Å². The highest BCUT2D eigenvalue weighted by atomic mass is 32.2. The molecule has 0 spiro atoms. The number of carbonyl (C=O) groups is 1. The van der Waals surface area contributed by atoms with Crippen LogP contribution in [0.25, 0.3) is 0 Å². The molecule has 1 aromatic rings. The van der Waals surface area contributed by atoms with Gasteiger partial charge in [-0.1, -0.05) is 0 Å². The second kappa shape index (κ2) is 9.72. The van der Waals surface area contributed by atoms with E-state index in [0.717, 1.165) is 0 Å². The quantitative estimate of drug-likeness (QED) is 0.466. The van der Waals surface area contributed by atoms with Crippen molar-refractivity contribution in [2.24, 2.45) is 4.99 Å². The van der Waals surface area contributed by atoms with Crippen LogP contribution in [0.5, 0.6) is 11.5 Å². The number of aromatic hydroxyl groups is 1. The zero-order valence-electron chi connectivity index (χ0n) is 14.4. The minimum Gasteiger partial charge on any atom is -0.503 e. The third-order valence-electron chi connectivity index (χ3n) is 3.48. The number of aliphatic imine (C=N–C) groups is 1. The summed E-state index contributed by atoms with van der Waals surface area (Å²) in [7, 11) is 0. The van der Waals surface area contributed by atoms with Crippen molar-refractivity contribution in [2.75, 3.05) is 45.4 Å². The Hall–Kier alpha value is -1.88. The number of carboxylic acid groups (broad SMARTS) is 1. The molecule has 0 saturated carbocycles. The second-order valence-electron chi connectivity index (χ2n) is 5.59. The first-order valence-corrected chi connectivity index (χ1v) is 9.00. The number of pyridine rings is 1. The van der Waals surface area contributed by atoms with Gasteiger partial charge in [0.1, 0.15) is 17.3 Å². The van der Waals surface area contributed by atoms with E-state index in [1.54, 1.807) is 0 Å². The van der Waals surface area contributed by atoms with E-state index in [4.69, 9.17) is 19.3 Å². The summed E-state index contributed by atoms with van der Waals surface area (Å²) < 4.78 is 15.8. The molecule has 9 nitrogen and oxygen atoms in total. The average molecular weight is 386 g/mol. The van der Waals surface area contributed by atoms with Crippen LogP contribution < -0.4 is 4.74 Å². The maximum absolute atomic E-state index is 11.3. The van der Waals surface area contributed by atoms with Gasteiger partial charge in [-0.25, -0.2) is 9.78 Å². The molecule has 1 aromatic heterocycles. The number of nitrogens with zero attached hydrogens (tertiary/aromatic N) is 2. The number of hydrogen-bond donors (Lipinski definition) is 3. The molecule has 10 heteroatoms. The monoisotopic (exact) mass is 386 g/mol. The molecule has 2 rings (SSSR count). The molecule has 1 unspecified atom stereocenters. The summed E-state index contributed by atoms with van der Waals surface area (Å²) in [4.78, 5) is 19.5. The van der Waals surface area contributed by atoms with Crippen LogP contribution in [0.3, 0.4) is 0 Å². The van der Waals surface area contributed by atoms with E-state index in [9.17, 15) is 15.0 Å². The lowest BCUT2D eigenvalue weighted by molar-refractivity contribution is -0.141. The van der Waals surface area contributed by atoms with E-state index in [0.29, 0.717) is 24.9 Å². The van der Waals surface area contributed by atoms with Gasteiger partial charge in [-0.2, -0.15) is 0 Å². The zero-order chi connectivity index (χ0) is 19.0. The fourth-order valence-electron chi connectivity index (χ4n) is 2.03. The van der Waals surface area contributed by atoms with Crippen LogP contribution in [0.1, 0.15) is 12.6 Å². The van der Waals surface area contributed by atoms with Gasteiger partial charge in [-0.05, 0) is 6.92 Å². The number of aliphatic hydroxyl groups is 1. The van der Waals surface area contributed by atoms with Gasteiger partial charge in [0.2, 0.25) is 0 Å². The van der Waals surface area contributed by atoms with Crippen LogP contribution in [0.15, 0.2) is 17.3 Å². The summed E-state index contributed by atoms with van der Waals surface area (Å²) in [6.07, 6.45) is 1.47. The third kappa shape index (κ3) is 5.31. The number of aliphatic hydroxyl groups excluding tert-OH is 1. The minimum absolute atomic E-state index is 0.0258. The van der Waals surface area contributed by atoms with E-state index in [1.807, 2.05) is 0 Å². The molecular weight excluding hydrogens is 364 g/mol. The van der Waals surface area contributed by atoms with Crippen LogP contribution in [0.2, 0.25) is 0 Å². The Morgan fingerprint density at radius 1 is 1.27 bits per heavy atom. The molecule has 0 fully saturated rings. The van der Waals surface area contributed by atoms with Crippen molar-refractivity contribution in [2.45, 2.75) is 12.5 Å². The Bertz CT molecular complexity index is 655. The van der Waals surface area contributed by atoms with Gasteiger partial charge in [-0.3, -0.25) is 4.99 Å². The molecule has 0 amide bonds. The first kappa shape index (κ1) is 20.4. The lowest BCUT2D eigenvalue weighted by Crippen LogP contribution is -2.33. The lowest BCUT2D eigenvalue weighted by atomic mass is 10.1. The largest absolute Gasteiger partial charge is 0.503 e. The van der Waals surface area contributed by atoms with E-state index in [2.05, 4.69) is 9.98 Å². The molecule has 3 N–H and O–H groups in total. The van der Waals surface area contributed by atoms with Crippen LogP contribution in [0.4, 0.5) is 0 Å². The molecule has 0 aliphatic carbocycles. The molecule has 0 aromatic carbocycles. The average Bonchev–Trinajstić information content (AvgIpc) is 3.02. The number of aromatic nitrogens is 1. The number of rotatable bonds is 11. The maximum Gasteiger partial charge on any atom is 0.332 e. The molecule has 0 bridgehead atoms. The van der Waals surface area contributed by atoms with Crippen molar-refractivity contribution in [3.8, 4) is 11.5 Å². The first-order chi connectivity index (χ1) is 12.5. The molecule has 2 heterocycles. The zero-order valence-corrected chi connectivity index (χ0v) is 15.2. The summed E-state index contributed by atoms with van der Waals surface area (Å²) in [5.41, 5.74) is -1.02. The number of hydrogen-bond acceptors (Lipinski definition) is 9. The summed E-state index contributed by atoms with van der Waals surface area (Å²) in [5, 5.41) is 28.5. The number of ether oxygens (including phenoxy) is 3. The number of carboxylic acids is 1. The number of thioether (sulfide) groups is 1. The van der Waals surface area contributed by atoms with Crippen molar-refractivity contribution < 1.29 is 34.3 Å². The van der Waals surface area contributed by atoms with Crippen LogP contribution in [0, 0.1) is 0 Å². The first-order valence-electron chi connectivity index (χ1n) is 8.01. The summed E-state index contributed by atoms with van der Waals surface area (Å²) in [6.45, 7) is 3.03. The van der Waals surface area contributed by atoms with Crippen LogP contribution in [-0.2, 0) is 14.3 Å². The van der Waals surface area contributed by atoms with Crippen molar-refractivity contribution >= 4 is 22.8 Å². The van der Waals surface area contributed by atoms with Gasteiger partial charge >= 0.3 is 5.97 Å². The van der Waals surface area contributed by atoms with E-state index < -0.39 is 11.5 Å². The van der Waals surface area contributed by atoms with Gasteiger partial charge in [0.15, 0.2) is 17.0 Å². The summed E-state index contributed by atoms with van der Waals surface area (Å²) in [6, 6.07) is 1.51. The predicted molar refractivity (Wildman–Crippen MR) is 95.2 cm³/mol. The smallest absolute Gasteiger partial charge is 0.332 e. The van der Waals surface area contributed by atoms with Crippen LogP contribution >= 0.6 is 11.8 Å². The Morgan fingerprint density at radius 3 is 2.62 bits per heavy atom. The molecule has 1 atom stereocenters. The van der Waals surface area contributed by atoms with Crippen LogP contribution in [-0.4, -0.2) is 82.2 Å². The van der Waals surface area contributed by atoms with Gasteiger partial charge in [0.05, 0.1) is 33.0 Å². The SMILES string of the molecule is CC1(C(=O)O)CSC(c2nccc(OCCOCCOCCO)c2O)=N1. The van der Waals surface area contributed by atoms with Gasteiger partial charge in [0, 0.05) is 18.0 Å². The highest BCUT2D eigenvalue weighted by Gasteiger charge is 2.39. The third-order valence-corrected chi connectivity index (χ3v) is 4.75. The van der Waals surface area contributed by atoms with Gasteiger partial charge in [-0.15, -0.1) is 11.8 Å². The molecule has 0 saturated heterocycles. The molecule has 0 radical (unpaired) electrons. The topological polar surface area (TPSA) is 131 Å². The van der Waals surface area contributed by atoms with E-state index in [1.165, 1.54) is 30.9 Å². The Kier molecular flexibility index (Phi) is 7.64. The molecular formula is C16H22N2O7S. The van der Waals surface area contributed by atoms with Gasteiger partial charge in [0.25, 0.3) is 0 Å². The molecule has 1 aliphatic heterocycles.